The molecule has 1 aliphatic carbocycles. The normalized spacial score (nSPS) is 22.5. The number of hydrogen-bond acceptors (Lipinski definition) is 3. The Morgan fingerprint density at radius 1 is 1.52 bits per heavy atom. The van der Waals surface area contributed by atoms with Gasteiger partial charge in [0.2, 0.25) is 0 Å². The van der Waals surface area contributed by atoms with Crippen molar-refractivity contribution in [1.82, 2.24) is 10.2 Å². The Bertz CT molecular complexity index is 726. The second-order valence-corrected chi connectivity index (χ2v) is 7.50. The third-order valence-electron chi connectivity index (χ3n) is 3.21. The first kappa shape index (κ1) is 18.3. The Kier molecular flexibility index (Phi) is 6.97. The van der Waals surface area contributed by atoms with Gasteiger partial charge in [-0.3, -0.25) is 10.1 Å². The van der Waals surface area contributed by atoms with Crippen molar-refractivity contribution in [2.24, 2.45) is 4.99 Å². The highest BCUT2D eigenvalue weighted by molar-refractivity contribution is 14.1. The maximum Gasteiger partial charge on any atom is 0.0999 e. The first-order chi connectivity index (χ1) is 11.1. The smallest absolute Gasteiger partial charge is 0.0999 e. The number of aromatic amines is 1. The molecule has 1 aromatic heterocycles. The Hall–Kier alpha value is -1.000. The summed E-state index contributed by atoms with van der Waals surface area (Å²) in [5.74, 6) is 0. The molecule has 0 aromatic carbocycles. The van der Waals surface area contributed by atoms with Gasteiger partial charge < -0.3 is 5.11 Å². The van der Waals surface area contributed by atoms with Gasteiger partial charge >= 0.3 is 0 Å². The van der Waals surface area contributed by atoms with Crippen molar-refractivity contribution < 1.29 is 5.11 Å². The van der Waals surface area contributed by atoms with Crippen molar-refractivity contribution in [3.05, 3.63) is 63.7 Å². The van der Waals surface area contributed by atoms with Crippen molar-refractivity contribution in [2.75, 3.05) is 0 Å². The fourth-order valence-electron chi connectivity index (χ4n) is 2.03. The van der Waals surface area contributed by atoms with Gasteiger partial charge in [0.1, 0.15) is 0 Å². The van der Waals surface area contributed by atoms with Crippen LogP contribution in [0, 0.1) is 0 Å². The average molecular weight is 533 g/mol. The Balaban J connectivity index is 2.29. The number of H-pyrrole nitrogens is 1. The van der Waals surface area contributed by atoms with Crippen molar-refractivity contribution >= 4 is 63.0 Å². The molecule has 2 rings (SSSR count). The minimum Gasteiger partial charge on any atom is -0.387 e. The van der Waals surface area contributed by atoms with E-state index in [1.165, 1.54) is 0 Å². The van der Waals surface area contributed by atoms with E-state index in [0.717, 1.165) is 26.1 Å². The number of aliphatic hydroxyl groups is 1. The topological polar surface area (TPSA) is 61.3 Å². The van der Waals surface area contributed by atoms with Crippen LogP contribution in [0.2, 0.25) is 0 Å². The second kappa shape index (κ2) is 8.74. The van der Waals surface area contributed by atoms with E-state index in [4.69, 9.17) is 0 Å². The van der Waals surface area contributed by atoms with E-state index in [0.29, 0.717) is 0 Å². The minimum absolute atomic E-state index is 0.0418. The van der Waals surface area contributed by atoms with Crippen molar-refractivity contribution in [3.8, 4) is 0 Å². The molecule has 0 bridgehead atoms. The lowest BCUT2D eigenvalue weighted by Crippen LogP contribution is -2.23. The molecule has 0 radical (unpaired) electrons. The largest absolute Gasteiger partial charge is 0.387 e. The molecule has 120 valence electrons. The van der Waals surface area contributed by atoms with E-state index >= 15 is 0 Å². The number of aliphatic hydroxyl groups excluding tert-OH is 1. The number of nitrogens with one attached hydrogen (secondary N) is 1. The lowest BCUT2D eigenvalue weighted by Gasteiger charge is -2.20. The molecule has 23 heavy (non-hydrogen) atoms. The number of allylic oxidation sites excluding steroid dienone is 4. The van der Waals surface area contributed by atoms with Gasteiger partial charge in [-0.15, -0.1) is 0 Å². The summed E-state index contributed by atoms with van der Waals surface area (Å²) in [6.45, 7) is 5.70. The number of rotatable bonds is 5. The van der Waals surface area contributed by atoms with Gasteiger partial charge in [-0.25, -0.2) is 0 Å². The van der Waals surface area contributed by atoms with Crippen LogP contribution in [0.1, 0.15) is 18.2 Å². The highest BCUT2D eigenvalue weighted by Crippen LogP contribution is 2.29. The van der Waals surface area contributed by atoms with Gasteiger partial charge in [0, 0.05) is 15.3 Å². The molecule has 4 nitrogen and oxygen atoms in total. The zero-order chi connectivity index (χ0) is 16.8. The molecule has 1 aromatic rings. The van der Waals surface area contributed by atoms with Gasteiger partial charge in [0.25, 0.3) is 0 Å². The third kappa shape index (κ3) is 4.74. The Morgan fingerprint density at radius 3 is 2.96 bits per heavy atom. The first-order valence-electron chi connectivity index (χ1n) is 7.01. The predicted molar refractivity (Wildman–Crippen MR) is 114 cm³/mol. The van der Waals surface area contributed by atoms with Crippen LogP contribution >= 0.6 is 45.2 Å². The minimum atomic E-state index is -0.441. The van der Waals surface area contributed by atoms with Gasteiger partial charge in [-0.05, 0) is 59.4 Å². The molecule has 0 aliphatic heterocycles. The van der Waals surface area contributed by atoms with Crippen LogP contribution in [0.15, 0.2) is 57.4 Å². The number of aromatic nitrogens is 2. The standard InChI is InChI=1S/C17H17I2N3O/c1-3-5-16(12-8-13(18)17(23)14(19)9-12)20-7-6-11-10-21-22-15(11)4-2/h3-10,13,17,23H,2H2,1H3,(H,21,22)/b5-3+,7-6+,20-16-. The molecule has 1 aliphatic rings. The van der Waals surface area contributed by atoms with Crippen molar-refractivity contribution in [3.63, 3.8) is 0 Å². The predicted octanol–water partition coefficient (Wildman–Crippen LogP) is 4.46. The van der Waals surface area contributed by atoms with E-state index in [1.54, 1.807) is 18.5 Å². The highest BCUT2D eigenvalue weighted by atomic mass is 127. The number of hydrogen-bond donors (Lipinski definition) is 2. The summed E-state index contributed by atoms with van der Waals surface area (Å²) < 4.78 is 0.963. The zero-order valence-electron chi connectivity index (χ0n) is 12.6. The van der Waals surface area contributed by atoms with Crippen molar-refractivity contribution in [2.45, 2.75) is 17.0 Å². The summed E-state index contributed by atoms with van der Waals surface area (Å²) in [5.41, 5.74) is 3.67. The summed E-state index contributed by atoms with van der Waals surface area (Å²) in [7, 11) is 0. The molecular weight excluding hydrogens is 516 g/mol. The lowest BCUT2D eigenvalue weighted by atomic mass is 10.0. The quantitative estimate of drug-likeness (QED) is 0.334. The molecule has 6 heteroatoms. The van der Waals surface area contributed by atoms with E-state index in [9.17, 15) is 5.11 Å². The summed E-state index contributed by atoms with van der Waals surface area (Å²) >= 11 is 4.41. The monoisotopic (exact) mass is 533 g/mol. The molecular formula is C17H17I2N3O. The number of halogens is 2. The molecule has 0 saturated carbocycles. The molecule has 0 spiro atoms. The number of nitrogens with zero attached hydrogens (tertiary/aromatic N) is 2. The van der Waals surface area contributed by atoms with Crippen LogP contribution in [-0.4, -0.2) is 31.0 Å². The van der Waals surface area contributed by atoms with Crippen LogP contribution < -0.4 is 0 Å². The Morgan fingerprint density at radius 2 is 2.30 bits per heavy atom. The van der Waals surface area contributed by atoms with Gasteiger partial charge in [0.05, 0.1) is 27.6 Å². The maximum atomic E-state index is 10.0. The molecule has 0 amide bonds. The summed E-state index contributed by atoms with van der Waals surface area (Å²) in [6.07, 6.45) is 14.6. The summed E-state index contributed by atoms with van der Waals surface area (Å²) in [4.78, 5) is 4.55. The van der Waals surface area contributed by atoms with Crippen molar-refractivity contribution in [1.29, 1.82) is 0 Å². The van der Waals surface area contributed by atoms with E-state index < -0.39 is 6.10 Å². The maximum absolute atomic E-state index is 10.0. The molecule has 1 heterocycles. The molecule has 2 atom stereocenters. The first-order valence-corrected chi connectivity index (χ1v) is 9.33. The summed E-state index contributed by atoms with van der Waals surface area (Å²) in [5, 5.41) is 16.9. The van der Waals surface area contributed by atoms with E-state index in [1.807, 2.05) is 37.3 Å². The Labute approximate surface area is 163 Å². The highest BCUT2D eigenvalue weighted by Gasteiger charge is 2.22. The number of alkyl halides is 1. The van der Waals surface area contributed by atoms with Gasteiger partial charge in [-0.1, -0.05) is 41.3 Å². The van der Waals surface area contributed by atoms with E-state index in [2.05, 4.69) is 67.0 Å². The van der Waals surface area contributed by atoms with Crippen LogP contribution in [0.5, 0.6) is 0 Å². The molecule has 2 unspecified atom stereocenters. The van der Waals surface area contributed by atoms with Gasteiger partial charge in [0.15, 0.2) is 0 Å². The zero-order valence-corrected chi connectivity index (χ0v) is 16.9. The van der Waals surface area contributed by atoms with Crippen LogP contribution in [0.4, 0.5) is 0 Å². The summed E-state index contributed by atoms with van der Waals surface area (Å²) in [6, 6.07) is 0. The fourth-order valence-corrected chi connectivity index (χ4v) is 4.21. The molecule has 0 fully saturated rings. The average Bonchev–Trinajstić information content (AvgIpc) is 2.98. The van der Waals surface area contributed by atoms with Crippen LogP contribution in [0.25, 0.3) is 12.2 Å². The van der Waals surface area contributed by atoms with E-state index in [-0.39, 0.29) is 3.92 Å². The fraction of sp³-hybridized carbons (Fsp3) is 0.176. The molecule has 0 saturated heterocycles. The van der Waals surface area contributed by atoms with Crippen LogP contribution in [-0.2, 0) is 0 Å². The second-order valence-electron chi connectivity index (χ2n) is 4.81. The number of aliphatic imine (C=N–C) groups is 1. The third-order valence-corrected chi connectivity index (χ3v) is 5.20. The SMILES string of the molecule is C=Cc1[nH]ncc1/C=C/N=C(/C=C/C)C1=CC(I)C(O)C(I)=C1. The van der Waals surface area contributed by atoms with Gasteiger partial charge in [-0.2, -0.15) is 5.10 Å². The lowest BCUT2D eigenvalue weighted by molar-refractivity contribution is 0.232. The van der Waals surface area contributed by atoms with Crippen LogP contribution in [0.3, 0.4) is 0 Å². The molecule has 2 N–H and O–H groups in total.